The molecule has 0 saturated carbocycles. The molecule has 0 radical (unpaired) electrons. The fraction of sp³-hybridized carbons (Fsp3) is 0.318. The number of aliphatic hydroxyl groups excluding tert-OH is 1. The van der Waals surface area contributed by atoms with Crippen LogP contribution in [0.2, 0.25) is 0 Å². The fourth-order valence-electron chi connectivity index (χ4n) is 3.15. The van der Waals surface area contributed by atoms with E-state index in [0.29, 0.717) is 19.0 Å². The smallest absolute Gasteiger partial charge is 0.191 e. The van der Waals surface area contributed by atoms with E-state index in [2.05, 4.69) is 25.7 Å². The van der Waals surface area contributed by atoms with Gasteiger partial charge in [0.25, 0.3) is 0 Å². The predicted octanol–water partition coefficient (Wildman–Crippen LogP) is 2.33. The lowest BCUT2D eigenvalue weighted by atomic mass is 10.0. The van der Waals surface area contributed by atoms with Crippen LogP contribution < -0.4 is 10.6 Å². The second-order valence-corrected chi connectivity index (χ2v) is 6.96. The highest BCUT2D eigenvalue weighted by Crippen LogP contribution is 2.13. The molecule has 152 valence electrons. The number of nitrogens with zero attached hydrogens (tertiary/aromatic N) is 4. The molecule has 1 aromatic carbocycles. The average molecular weight is 393 g/mol. The molecule has 0 fully saturated rings. The third-order valence-corrected chi connectivity index (χ3v) is 4.73. The maximum absolute atomic E-state index is 9.70. The van der Waals surface area contributed by atoms with Gasteiger partial charge in [-0.2, -0.15) is 5.10 Å². The number of aromatic nitrogens is 3. The molecule has 0 saturated heterocycles. The quantitative estimate of drug-likeness (QED) is 0.424. The molecule has 0 aliphatic carbocycles. The standard InChI is InChI=1S/C22H28N6O/c1-16-11-17(2)28(27-16)21-10-9-18(12-24-21)13-25-22(23-3)26-14-20(15-29)19-7-5-4-6-8-19/h4-12,20,29H,13-15H2,1-3H3,(H2,23,25,26). The molecular formula is C22H28N6O. The number of hydrogen-bond donors (Lipinski definition) is 3. The molecular weight excluding hydrogens is 364 g/mol. The van der Waals surface area contributed by atoms with Crippen LogP contribution in [-0.2, 0) is 6.54 Å². The summed E-state index contributed by atoms with van der Waals surface area (Å²) in [6.45, 7) is 5.25. The van der Waals surface area contributed by atoms with Crippen molar-refractivity contribution in [3.8, 4) is 5.82 Å². The highest BCUT2D eigenvalue weighted by atomic mass is 16.3. The van der Waals surface area contributed by atoms with Gasteiger partial charge < -0.3 is 15.7 Å². The Morgan fingerprint density at radius 2 is 1.93 bits per heavy atom. The van der Waals surface area contributed by atoms with Gasteiger partial charge in [-0.05, 0) is 37.1 Å². The highest BCUT2D eigenvalue weighted by Gasteiger charge is 2.11. The Bertz CT molecular complexity index is 934. The van der Waals surface area contributed by atoms with Crippen LogP contribution in [-0.4, -0.2) is 46.0 Å². The fourth-order valence-corrected chi connectivity index (χ4v) is 3.15. The average Bonchev–Trinajstić information content (AvgIpc) is 3.09. The van der Waals surface area contributed by atoms with Crippen LogP contribution in [0.25, 0.3) is 5.82 Å². The summed E-state index contributed by atoms with van der Waals surface area (Å²) >= 11 is 0. The molecule has 3 N–H and O–H groups in total. The number of hydrogen-bond acceptors (Lipinski definition) is 4. The van der Waals surface area contributed by atoms with Crippen molar-refractivity contribution in [1.82, 2.24) is 25.4 Å². The van der Waals surface area contributed by atoms with Gasteiger partial charge in [-0.3, -0.25) is 4.99 Å². The molecule has 0 bridgehead atoms. The van der Waals surface area contributed by atoms with Crippen molar-refractivity contribution in [3.05, 3.63) is 77.2 Å². The first-order valence-corrected chi connectivity index (χ1v) is 9.69. The number of pyridine rings is 1. The summed E-state index contributed by atoms with van der Waals surface area (Å²) < 4.78 is 1.84. The van der Waals surface area contributed by atoms with Crippen molar-refractivity contribution >= 4 is 5.96 Å². The summed E-state index contributed by atoms with van der Waals surface area (Å²) in [7, 11) is 1.73. The van der Waals surface area contributed by atoms with Crippen molar-refractivity contribution in [3.63, 3.8) is 0 Å². The third-order valence-electron chi connectivity index (χ3n) is 4.73. The van der Waals surface area contributed by atoms with Crippen LogP contribution in [0.4, 0.5) is 0 Å². The van der Waals surface area contributed by atoms with Crippen molar-refractivity contribution in [2.75, 3.05) is 20.2 Å². The van der Waals surface area contributed by atoms with Gasteiger partial charge in [0.15, 0.2) is 11.8 Å². The van der Waals surface area contributed by atoms with Crippen molar-refractivity contribution < 1.29 is 5.11 Å². The van der Waals surface area contributed by atoms with Gasteiger partial charge in [-0.15, -0.1) is 0 Å². The van der Waals surface area contributed by atoms with E-state index in [1.165, 1.54) is 0 Å². The minimum absolute atomic E-state index is 0.0106. The number of aliphatic hydroxyl groups is 1. The van der Waals surface area contributed by atoms with Gasteiger partial charge in [0.1, 0.15) is 0 Å². The van der Waals surface area contributed by atoms with Crippen molar-refractivity contribution in [2.24, 2.45) is 4.99 Å². The number of guanidine groups is 1. The summed E-state index contributed by atoms with van der Waals surface area (Å²) in [5.74, 6) is 1.49. The summed E-state index contributed by atoms with van der Waals surface area (Å²) in [4.78, 5) is 8.78. The van der Waals surface area contributed by atoms with Crippen LogP contribution in [0.3, 0.4) is 0 Å². The maximum Gasteiger partial charge on any atom is 0.191 e. The molecule has 2 aromatic heterocycles. The largest absolute Gasteiger partial charge is 0.396 e. The summed E-state index contributed by atoms with van der Waals surface area (Å²) in [6.07, 6.45) is 1.84. The second kappa shape index (κ2) is 9.84. The molecule has 0 amide bonds. The Labute approximate surface area is 171 Å². The van der Waals surface area contributed by atoms with Gasteiger partial charge in [-0.1, -0.05) is 36.4 Å². The Hall–Kier alpha value is -3.19. The number of benzene rings is 1. The van der Waals surface area contributed by atoms with E-state index in [1.807, 2.05) is 73.3 Å². The summed E-state index contributed by atoms with van der Waals surface area (Å²) in [5, 5.41) is 20.7. The molecule has 29 heavy (non-hydrogen) atoms. The number of aryl methyl sites for hydroxylation is 2. The van der Waals surface area contributed by atoms with Crippen molar-refractivity contribution in [1.29, 1.82) is 0 Å². The first-order valence-electron chi connectivity index (χ1n) is 9.69. The number of nitrogens with one attached hydrogen (secondary N) is 2. The minimum Gasteiger partial charge on any atom is -0.396 e. The van der Waals surface area contributed by atoms with Gasteiger partial charge in [0.05, 0.1) is 12.3 Å². The van der Waals surface area contributed by atoms with E-state index < -0.39 is 0 Å². The molecule has 1 atom stereocenters. The van der Waals surface area contributed by atoms with Crippen LogP contribution >= 0.6 is 0 Å². The lowest BCUT2D eigenvalue weighted by molar-refractivity contribution is 0.265. The van der Waals surface area contributed by atoms with Gasteiger partial charge >= 0.3 is 0 Å². The lowest BCUT2D eigenvalue weighted by Gasteiger charge is -2.18. The molecule has 0 spiro atoms. The van der Waals surface area contributed by atoms with E-state index in [0.717, 1.165) is 28.3 Å². The molecule has 0 aliphatic rings. The Kier molecular flexibility index (Phi) is 6.97. The molecule has 0 aliphatic heterocycles. The van der Waals surface area contributed by atoms with E-state index >= 15 is 0 Å². The zero-order valence-electron chi connectivity index (χ0n) is 17.1. The molecule has 2 heterocycles. The third kappa shape index (κ3) is 5.42. The van der Waals surface area contributed by atoms with Crippen LogP contribution in [0.5, 0.6) is 0 Å². The number of aliphatic imine (C=N–C) groups is 1. The predicted molar refractivity (Wildman–Crippen MR) is 115 cm³/mol. The summed E-state index contributed by atoms with van der Waals surface area (Å²) in [5.41, 5.74) is 4.17. The Balaban J connectivity index is 1.54. The second-order valence-electron chi connectivity index (χ2n) is 6.96. The molecule has 1 unspecified atom stereocenters. The molecule has 7 heteroatoms. The van der Waals surface area contributed by atoms with Gasteiger partial charge in [-0.25, -0.2) is 9.67 Å². The highest BCUT2D eigenvalue weighted by molar-refractivity contribution is 5.79. The maximum atomic E-state index is 9.70. The topological polar surface area (TPSA) is 87.4 Å². The monoisotopic (exact) mass is 392 g/mol. The van der Waals surface area contributed by atoms with E-state index in [4.69, 9.17) is 0 Å². The first-order chi connectivity index (χ1) is 14.1. The van der Waals surface area contributed by atoms with Crippen LogP contribution in [0, 0.1) is 13.8 Å². The van der Waals surface area contributed by atoms with Gasteiger partial charge in [0, 0.05) is 37.9 Å². The number of rotatable bonds is 7. The Morgan fingerprint density at radius 3 is 2.52 bits per heavy atom. The van der Waals surface area contributed by atoms with Gasteiger partial charge in [0.2, 0.25) is 0 Å². The first kappa shape index (κ1) is 20.5. The van der Waals surface area contributed by atoms with E-state index in [1.54, 1.807) is 7.05 Å². The van der Waals surface area contributed by atoms with Crippen molar-refractivity contribution in [2.45, 2.75) is 26.3 Å². The summed E-state index contributed by atoms with van der Waals surface area (Å²) in [6, 6.07) is 16.0. The SMILES string of the molecule is CN=C(NCc1ccc(-n2nc(C)cc2C)nc1)NCC(CO)c1ccccc1. The zero-order valence-corrected chi connectivity index (χ0v) is 17.1. The van der Waals surface area contributed by atoms with E-state index in [-0.39, 0.29) is 12.5 Å². The lowest BCUT2D eigenvalue weighted by Crippen LogP contribution is -2.39. The van der Waals surface area contributed by atoms with E-state index in [9.17, 15) is 5.11 Å². The molecule has 7 nitrogen and oxygen atoms in total. The minimum atomic E-state index is 0.0106. The molecule has 3 rings (SSSR count). The molecule has 3 aromatic rings. The van der Waals surface area contributed by atoms with Crippen LogP contribution in [0.15, 0.2) is 59.7 Å². The zero-order chi connectivity index (χ0) is 20.6. The Morgan fingerprint density at radius 1 is 1.14 bits per heavy atom. The normalized spacial score (nSPS) is 12.6. The van der Waals surface area contributed by atoms with Crippen LogP contribution in [0.1, 0.15) is 28.4 Å².